The standard InChI is InChI=1S/C26H26FN3O3/c1-16(28-17(2)25(32)30-24-6-4-5-21(15-24)18(3)31)19-9-13-23(14-10-19)29-26(33)20-7-11-22(27)12-8-20/h4-17,28H,1-3H3,(H,29,33)(H,30,32). The summed E-state index contributed by atoms with van der Waals surface area (Å²) < 4.78 is 13.0. The molecule has 2 unspecified atom stereocenters. The van der Waals surface area contributed by atoms with E-state index in [1.165, 1.54) is 31.2 Å². The zero-order chi connectivity index (χ0) is 24.0. The van der Waals surface area contributed by atoms with Crippen LogP contribution < -0.4 is 16.0 Å². The van der Waals surface area contributed by atoms with Crippen molar-refractivity contribution in [1.82, 2.24) is 5.32 Å². The first-order valence-electron chi connectivity index (χ1n) is 10.6. The molecule has 170 valence electrons. The Morgan fingerprint density at radius 1 is 0.788 bits per heavy atom. The number of hydrogen-bond donors (Lipinski definition) is 3. The van der Waals surface area contributed by atoms with Crippen LogP contribution in [0.3, 0.4) is 0 Å². The largest absolute Gasteiger partial charge is 0.325 e. The van der Waals surface area contributed by atoms with Crippen LogP contribution >= 0.6 is 0 Å². The third-order valence-corrected chi connectivity index (χ3v) is 5.20. The van der Waals surface area contributed by atoms with Crippen molar-refractivity contribution in [3.05, 3.63) is 95.3 Å². The predicted molar refractivity (Wildman–Crippen MR) is 127 cm³/mol. The lowest BCUT2D eigenvalue weighted by atomic mass is 10.1. The molecule has 3 aromatic carbocycles. The van der Waals surface area contributed by atoms with Gasteiger partial charge >= 0.3 is 0 Å². The van der Waals surface area contributed by atoms with Crippen molar-refractivity contribution in [2.45, 2.75) is 32.9 Å². The highest BCUT2D eigenvalue weighted by Gasteiger charge is 2.17. The maximum Gasteiger partial charge on any atom is 0.255 e. The van der Waals surface area contributed by atoms with Gasteiger partial charge in [-0.05, 0) is 74.9 Å². The molecule has 0 aliphatic carbocycles. The molecule has 0 saturated carbocycles. The first-order chi connectivity index (χ1) is 15.7. The van der Waals surface area contributed by atoms with Crippen LogP contribution in [0.4, 0.5) is 15.8 Å². The molecule has 0 saturated heterocycles. The van der Waals surface area contributed by atoms with Crippen molar-refractivity contribution in [2.75, 3.05) is 10.6 Å². The van der Waals surface area contributed by atoms with E-state index in [1.807, 2.05) is 19.1 Å². The van der Waals surface area contributed by atoms with Gasteiger partial charge in [0.1, 0.15) is 5.82 Å². The number of carbonyl (C=O) groups excluding carboxylic acids is 3. The topological polar surface area (TPSA) is 87.3 Å². The summed E-state index contributed by atoms with van der Waals surface area (Å²) in [4.78, 5) is 36.4. The molecular weight excluding hydrogens is 421 g/mol. The lowest BCUT2D eigenvalue weighted by Crippen LogP contribution is -2.39. The Morgan fingerprint density at radius 2 is 1.45 bits per heavy atom. The first kappa shape index (κ1) is 23.8. The van der Waals surface area contributed by atoms with Crippen molar-refractivity contribution in [3.8, 4) is 0 Å². The number of halogens is 1. The summed E-state index contributed by atoms with van der Waals surface area (Å²) >= 11 is 0. The molecule has 3 N–H and O–H groups in total. The molecule has 0 bridgehead atoms. The Hall–Kier alpha value is -3.84. The van der Waals surface area contributed by atoms with Gasteiger partial charge in [-0.3, -0.25) is 19.7 Å². The molecule has 3 aromatic rings. The van der Waals surface area contributed by atoms with Gasteiger partial charge in [0.25, 0.3) is 5.91 Å². The number of amides is 2. The van der Waals surface area contributed by atoms with Crippen LogP contribution in [-0.2, 0) is 4.79 Å². The number of nitrogens with one attached hydrogen (secondary N) is 3. The van der Waals surface area contributed by atoms with E-state index in [-0.39, 0.29) is 23.6 Å². The average molecular weight is 448 g/mol. The maximum absolute atomic E-state index is 13.0. The smallest absolute Gasteiger partial charge is 0.255 e. The molecule has 3 rings (SSSR count). The summed E-state index contributed by atoms with van der Waals surface area (Å²) in [5, 5.41) is 8.83. The van der Waals surface area contributed by atoms with Crippen molar-refractivity contribution < 1.29 is 18.8 Å². The van der Waals surface area contributed by atoms with Crippen molar-refractivity contribution in [2.24, 2.45) is 0 Å². The van der Waals surface area contributed by atoms with Crippen molar-refractivity contribution >= 4 is 29.0 Å². The highest BCUT2D eigenvalue weighted by atomic mass is 19.1. The molecule has 7 heteroatoms. The van der Waals surface area contributed by atoms with Gasteiger partial charge in [-0.1, -0.05) is 24.3 Å². The van der Waals surface area contributed by atoms with Gasteiger partial charge in [0.2, 0.25) is 5.91 Å². The number of anilines is 2. The summed E-state index contributed by atoms with van der Waals surface area (Å²) in [6.07, 6.45) is 0. The van der Waals surface area contributed by atoms with E-state index >= 15 is 0 Å². The summed E-state index contributed by atoms with van der Waals surface area (Å²) in [5.41, 5.74) is 3.01. The number of ketones is 1. The normalized spacial score (nSPS) is 12.5. The molecule has 0 aliphatic heterocycles. The summed E-state index contributed by atoms with van der Waals surface area (Å²) in [6.45, 7) is 5.18. The zero-order valence-electron chi connectivity index (χ0n) is 18.7. The molecular formula is C26H26FN3O3. The van der Waals surface area contributed by atoms with Gasteiger partial charge in [0.15, 0.2) is 5.78 Å². The molecule has 6 nitrogen and oxygen atoms in total. The van der Waals surface area contributed by atoms with E-state index in [2.05, 4.69) is 16.0 Å². The van der Waals surface area contributed by atoms with Crippen LogP contribution in [0.15, 0.2) is 72.8 Å². The Balaban J connectivity index is 1.56. The second-order valence-electron chi connectivity index (χ2n) is 7.82. The van der Waals surface area contributed by atoms with Gasteiger partial charge in [0, 0.05) is 28.5 Å². The summed E-state index contributed by atoms with van der Waals surface area (Å²) in [7, 11) is 0. The fourth-order valence-corrected chi connectivity index (χ4v) is 3.27. The second kappa shape index (κ2) is 10.7. The minimum Gasteiger partial charge on any atom is -0.325 e. The zero-order valence-corrected chi connectivity index (χ0v) is 18.7. The highest BCUT2D eigenvalue weighted by Crippen LogP contribution is 2.18. The molecule has 0 fully saturated rings. The Labute approximate surface area is 192 Å². The van der Waals surface area contributed by atoms with Crippen LogP contribution in [0.25, 0.3) is 0 Å². The van der Waals surface area contributed by atoms with Crippen molar-refractivity contribution in [3.63, 3.8) is 0 Å². The molecule has 0 radical (unpaired) electrons. The molecule has 2 atom stereocenters. The van der Waals surface area contributed by atoms with Gasteiger partial charge in [0.05, 0.1) is 6.04 Å². The molecule has 2 amide bonds. The van der Waals surface area contributed by atoms with Gasteiger partial charge in [-0.15, -0.1) is 0 Å². The van der Waals surface area contributed by atoms with E-state index < -0.39 is 11.9 Å². The van der Waals surface area contributed by atoms with Crippen LogP contribution in [0.2, 0.25) is 0 Å². The quantitative estimate of drug-likeness (QED) is 0.426. The molecule has 0 spiro atoms. The third kappa shape index (κ3) is 6.57. The summed E-state index contributed by atoms with van der Waals surface area (Å²) in [5.74, 6) is -1.01. The number of Topliss-reactive ketones (excluding diaryl/α,β-unsaturated/α-hetero) is 1. The number of rotatable bonds is 8. The van der Waals surface area contributed by atoms with E-state index in [9.17, 15) is 18.8 Å². The first-order valence-corrected chi connectivity index (χ1v) is 10.6. The highest BCUT2D eigenvalue weighted by molar-refractivity contribution is 6.04. The SMILES string of the molecule is CC(=O)c1cccc(NC(=O)C(C)NC(C)c2ccc(NC(=O)c3ccc(F)cc3)cc2)c1. The second-order valence-corrected chi connectivity index (χ2v) is 7.82. The van der Waals surface area contributed by atoms with Crippen LogP contribution in [-0.4, -0.2) is 23.6 Å². The minimum atomic E-state index is -0.487. The maximum atomic E-state index is 13.0. The predicted octanol–water partition coefficient (Wildman–Crippen LogP) is 4.96. The Morgan fingerprint density at radius 3 is 2.09 bits per heavy atom. The lowest BCUT2D eigenvalue weighted by molar-refractivity contribution is -0.117. The number of carbonyl (C=O) groups is 3. The van der Waals surface area contributed by atoms with Crippen LogP contribution in [0, 0.1) is 5.82 Å². The Bertz CT molecular complexity index is 1140. The molecule has 0 aromatic heterocycles. The fourth-order valence-electron chi connectivity index (χ4n) is 3.27. The van der Waals surface area contributed by atoms with E-state index in [4.69, 9.17) is 0 Å². The van der Waals surface area contributed by atoms with E-state index in [0.29, 0.717) is 22.5 Å². The van der Waals surface area contributed by atoms with Gasteiger partial charge < -0.3 is 10.6 Å². The van der Waals surface area contributed by atoms with Gasteiger partial charge in [-0.2, -0.15) is 0 Å². The minimum absolute atomic E-state index is 0.0665. The van der Waals surface area contributed by atoms with Crippen LogP contribution in [0.1, 0.15) is 53.1 Å². The summed E-state index contributed by atoms with van der Waals surface area (Å²) in [6, 6.07) is 18.8. The van der Waals surface area contributed by atoms with Gasteiger partial charge in [-0.25, -0.2) is 4.39 Å². The van der Waals surface area contributed by atoms with Crippen molar-refractivity contribution in [1.29, 1.82) is 0 Å². The fraction of sp³-hybridized carbons (Fsp3) is 0.192. The van der Waals surface area contributed by atoms with Crippen LogP contribution in [0.5, 0.6) is 0 Å². The number of hydrogen-bond acceptors (Lipinski definition) is 4. The molecule has 0 aliphatic rings. The molecule has 33 heavy (non-hydrogen) atoms. The third-order valence-electron chi connectivity index (χ3n) is 5.20. The molecule has 0 heterocycles. The van der Waals surface area contributed by atoms with E-state index in [0.717, 1.165) is 5.56 Å². The lowest BCUT2D eigenvalue weighted by Gasteiger charge is -2.20. The Kier molecular flexibility index (Phi) is 7.69. The average Bonchev–Trinajstić information content (AvgIpc) is 2.80. The number of benzene rings is 3. The van der Waals surface area contributed by atoms with E-state index in [1.54, 1.807) is 43.3 Å². The monoisotopic (exact) mass is 447 g/mol.